The highest BCUT2D eigenvalue weighted by Crippen LogP contribution is 2.35. The summed E-state index contributed by atoms with van der Waals surface area (Å²) in [5.74, 6) is -0.0532. The van der Waals surface area contributed by atoms with E-state index in [9.17, 15) is 13.2 Å². The van der Waals surface area contributed by atoms with Crippen LogP contribution in [0.2, 0.25) is 5.02 Å². The standard InChI is InChI=1S/C14H14ClNO3S/c15-11-2-1-3-12(8-11)16(14(17)10-4-5-10)13-6-7-20(18,19)9-13/h1-3,6-8,10,13H,4-5,9H2. The predicted molar refractivity (Wildman–Crippen MR) is 78.4 cm³/mol. The molecule has 1 aliphatic heterocycles. The molecule has 106 valence electrons. The molecule has 4 nitrogen and oxygen atoms in total. The van der Waals surface area contributed by atoms with E-state index in [0.29, 0.717) is 10.7 Å². The lowest BCUT2D eigenvalue weighted by Crippen LogP contribution is -2.42. The van der Waals surface area contributed by atoms with Gasteiger partial charge in [0.2, 0.25) is 5.91 Å². The Labute approximate surface area is 122 Å². The van der Waals surface area contributed by atoms with Crippen LogP contribution in [0.1, 0.15) is 12.8 Å². The van der Waals surface area contributed by atoms with E-state index in [1.165, 1.54) is 5.41 Å². The lowest BCUT2D eigenvalue weighted by molar-refractivity contribution is -0.120. The van der Waals surface area contributed by atoms with Crippen molar-refractivity contribution >= 4 is 33.0 Å². The number of anilines is 1. The highest BCUT2D eigenvalue weighted by Gasteiger charge is 2.39. The van der Waals surface area contributed by atoms with Crippen molar-refractivity contribution < 1.29 is 13.2 Å². The van der Waals surface area contributed by atoms with E-state index in [1.807, 2.05) is 0 Å². The third-order valence-electron chi connectivity index (χ3n) is 3.49. The van der Waals surface area contributed by atoms with Crippen LogP contribution in [0.5, 0.6) is 0 Å². The third-order valence-corrected chi connectivity index (χ3v) is 5.11. The van der Waals surface area contributed by atoms with Gasteiger partial charge in [0.25, 0.3) is 0 Å². The largest absolute Gasteiger partial charge is 0.304 e. The minimum Gasteiger partial charge on any atom is -0.304 e. The van der Waals surface area contributed by atoms with Crippen molar-refractivity contribution in [3.63, 3.8) is 0 Å². The molecule has 1 fully saturated rings. The van der Waals surface area contributed by atoms with Crippen LogP contribution in [0.15, 0.2) is 35.7 Å². The highest BCUT2D eigenvalue weighted by molar-refractivity contribution is 7.94. The van der Waals surface area contributed by atoms with Gasteiger partial charge in [-0.15, -0.1) is 0 Å². The first-order valence-corrected chi connectivity index (χ1v) is 8.55. The number of sulfone groups is 1. The van der Waals surface area contributed by atoms with Gasteiger partial charge in [-0.05, 0) is 37.1 Å². The maximum absolute atomic E-state index is 12.5. The average Bonchev–Trinajstić information content (AvgIpc) is 3.15. The molecule has 1 atom stereocenters. The normalized spacial score (nSPS) is 23.8. The van der Waals surface area contributed by atoms with Crippen LogP contribution in [0, 0.1) is 5.92 Å². The maximum Gasteiger partial charge on any atom is 0.230 e. The van der Waals surface area contributed by atoms with Gasteiger partial charge in [0.1, 0.15) is 0 Å². The van der Waals surface area contributed by atoms with Gasteiger partial charge >= 0.3 is 0 Å². The molecule has 0 bridgehead atoms. The quantitative estimate of drug-likeness (QED) is 0.861. The topological polar surface area (TPSA) is 54.5 Å². The van der Waals surface area contributed by atoms with Crippen LogP contribution >= 0.6 is 11.6 Å². The van der Waals surface area contributed by atoms with Gasteiger partial charge < -0.3 is 4.90 Å². The van der Waals surface area contributed by atoms with Crippen LogP contribution in [-0.4, -0.2) is 26.1 Å². The lowest BCUT2D eigenvalue weighted by Gasteiger charge is -2.28. The van der Waals surface area contributed by atoms with Crippen molar-refractivity contribution in [1.82, 2.24) is 0 Å². The molecular weight excluding hydrogens is 298 g/mol. The van der Waals surface area contributed by atoms with Crippen molar-refractivity contribution in [2.24, 2.45) is 5.92 Å². The molecule has 1 aliphatic carbocycles. The lowest BCUT2D eigenvalue weighted by atomic mass is 10.2. The minimum atomic E-state index is -3.20. The summed E-state index contributed by atoms with van der Waals surface area (Å²) in [6, 6.07) is 6.53. The Kier molecular flexibility index (Phi) is 3.34. The summed E-state index contributed by atoms with van der Waals surface area (Å²) in [5, 5.41) is 1.72. The molecule has 1 amide bonds. The van der Waals surface area contributed by atoms with E-state index in [4.69, 9.17) is 11.6 Å². The van der Waals surface area contributed by atoms with Gasteiger partial charge in [-0.1, -0.05) is 17.7 Å². The molecule has 1 aromatic rings. The number of hydrogen-bond acceptors (Lipinski definition) is 3. The summed E-state index contributed by atoms with van der Waals surface area (Å²) in [6.07, 6.45) is 3.33. The van der Waals surface area contributed by atoms with Gasteiger partial charge in [-0.25, -0.2) is 8.42 Å². The molecule has 3 rings (SSSR count). The Morgan fingerprint density at radius 2 is 2.05 bits per heavy atom. The van der Waals surface area contributed by atoms with E-state index in [2.05, 4.69) is 0 Å². The predicted octanol–water partition coefficient (Wildman–Crippen LogP) is 2.39. The minimum absolute atomic E-state index is 0.0148. The van der Waals surface area contributed by atoms with E-state index < -0.39 is 15.9 Å². The van der Waals surface area contributed by atoms with Crippen LogP contribution in [0.3, 0.4) is 0 Å². The van der Waals surface area contributed by atoms with Gasteiger partial charge in [0, 0.05) is 22.0 Å². The van der Waals surface area contributed by atoms with E-state index in [0.717, 1.165) is 12.8 Å². The van der Waals surface area contributed by atoms with Gasteiger partial charge in [-0.3, -0.25) is 4.79 Å². The van der Waals surface area contributed by atoms with Crippen molar-refractivity contribution in [2.45, 2.75) is 18.9 Å². The molecule has 2 aliphatic rings. The van der Waals surface area contributed by atoms with Crippen LogP contribution < -0.4 is 4.90 Å². The first kappa shape index (κ1) is 13.6. The van der Waals surface area contributed by atoms with E-state index >= 15 is 0 Å². The number of carbonyl (C=O) groups is 1. The Morgan fingerprint density at radius 1 is 1.30 bits per heavy atom. The molecule has 1 unspecified atom stereocenters. The first-order valence-electron chi connectivity index (χ1n) is 6.46. The summed E-state index contributed by atoms with van der Waals surface area (Å²) < 4.78 is 23.2. The van der Waals surface area contributed by atoms with Crippen molar-refractivity contribution in [1.29, 1.82) is 0 Å². The number of carbonyl (C=O) groups excluding carboxylic acids is 1. The Hall–Kier alpha value is -1.33. The molecule has 0 spiro atoms. The number of benzene rings is 1. The molecule has 1 saturated carbocycles. The fraction of sp³-hybridized carbons (Fsp3) is 0.357. The fourth-order valence-electron chi connectivity index (χ4n) is 2.36. The third kappa shape index (κ3) is 2.74. The van der Waals surface area contributed by atoms with Crippen molar-refractivity contribution in [3.8, 4) is 0 Å². The molecular formula is C14H14ClNO3S. The smallest absolute Gasteiger partial charge is 0.230 e. The number of hydrogen-bond donors (Lipinski definition) is 0. The monoisotopic (exact) mass is 311 g/mol. The SMILES string of the molecule is O=C(C1CC1)N(c1cccc(Cl)c1)C1C=CS(=O)(=O)C1. The molecule has 0 N–H and O–H groups in total. The Bertz CT molecular complexity index is 679. The zero-order valence-electron chi connectivity index (χ0n) is 10.7. The second-order valence-electron chi connectivity index (χ2n) is 5.19. The molecule has 1 aromatic carbocycles. The van der Waals surface area contributed by atoms with Crippen LogP contribution in [0.4, 0.5) is 5.69 Å². The van der Waals surface area contributed by atoms with Crippen molar-refractivity contribution in [3.05, 3.63) is 40.8 Å². The highest BCUT2D eigenvalue weighted by atomic mass is 35.5. The fourth-order valence-corrected chi connectivity index (χ4v) is 3.81. The molecule has 20 heavy (non-hydrogen) atoms. The summed E-state index contributed by atoms with van der Waals surface area (Å²) >= 11 is 5.98. The van der Waals surface area contributed by atoms with Gasteiger partial charge in [-0.2, -0.15) is 0 Å². The molecule has 0 radical (unpaired) electrons. The Balaban J connectivity index is 1.96. The second kappa shape index (κ2) is 4.90. The maximum atomic E-state index is 12.5. The Morgan fingerprint density at radius 3 is 2.60 bits per heavy atom. The zero-order valence-corrected chi connectivity index (χ0v) is 12.3. The van der Waals surface area contributed by atoms with E-state index in [1.54, 1.807) is 35.2 Å². The van der Waals surface area contributed by atoms with Crippen LogP contribution in [0.25, 0.3) is 0 Å². The second-order valence-corrected chi connectivity index (χ2v) is 7.56. The summed E-state index contributed by atoms with van der Waals surface area (Å²) in [6.45, 7) is 0. The van der Waals surface area contributed by atoms with E-state index in [-0.39, 0.29) is 17.6 Å². The molecule has 0 aromatic heterocycles. The van der Waals surface area contributed by atoms with Crippen molar-refractivity contribution in [2.75, 3.05) is 10.7 Å². The van der Waals surface area contributed by atoms with Gasteiger partial charge in [0.05, 0.1) is 11.8 Å². The molecule has 6 heteroatoms. The molecule has 1 heterocycles. The number of amides is 1. The summed E-state index contributed by atoms with van der Waals surface area (Å²) in [5.41, 5.74) is 0.654. The number of nitrogens with zero attached hydrogens (tertiary/aromatic N) is 1. The summed E-state index contributed by atoms with van der Waals surface area (Å²) in [7, 11) is -3.20. The first-order chi connectivity index (χ1) is 9.46. The van der Waals surface area contributed by atoms with Gasteiger partial charge in [0.15, 0.2) is 9.84 Å². The van der Waals surface area contributed by atoms with Crippen LogP contribution in [-0.2, 0) is 14.6 Å². The zero-order chi connectivity index (χ0) is 14.3. The molecule has 0 saturated heterocycles. The number of rotatable bonds is 3. The summed E-state index contributed by atoms with van der Waals surface area (Å²) in [4.78, 5) is 14.0. The average molecular weight is 312 g/mol. The number of halogens is 1.